The van der Waals surface area contributed by atoms with E-state index in [4.69, 9.17) is 5.73 Å². The smallest absolute Gasteiger partial charge is 0.254 e. The van der Waals surface area contributed by atoms with Crippen molar-refractivity contribution in [2.45, 2.75) is 44.3 Å². The summed E-state index contributed by atoms with van der Waals surface area (Å²) < 4.78 is 13.5. The lowest BCUT2D eigenvalue weighted by atomic mass is 9.90. The molecule has 0 spiro atoms. The Bertz CT molecular complexity index is 588. The van der Waals surface area contributed by atoms with Crippen LogP contribution in [0, 0.1) is 0 Å². The molecule has 2 N–H and O–H groups in total. The van der Waals surface area contributed by atoms with E-state index in [1.54, 1.807) is 6.07 Å². The molecule has 1 saturated heterocycles. The molecule has 1 aromatic carbocycles. The molecule has 2 aliphatic rings. The van der Waals surface area contributed by atoms with Crippen molar-refractivity contribution in [3.63, 3.8) is 0 Å². The van der Waals surface area contributed by atoms with Gasteiger partial charge in [-0.05, 0) is 48.9 Å². The zero-order chi connectivity index (χ0) is 15.0. The molecule has 1 fully saturated rings. The van der Waals surface area contributed by atoms with E-state index in [0.29, 0.717) is 5.56 Å². The van der Waals surface area contributed by atoms with Gasteiger partial charge in [0.25, 0.3) is 5.91 Å². The SMILES string of the molecule is NC(=O)[C@@H]1C[C@@H](F)CN1C(=O)c1ccc2c(c1)CCCC2. The first-order valence-corrected chi connectivity index (χ1v) is 7.42. The van der Waals surface area contributed by atoms with E-state index in [0.717, 1.165) is 19.3 Å². The van der Waals surface area contributed by atoms with Gasteiger partial charge in [-0.3, -0.25) is 9.59 Å². The van der Waals surface area contributed by atoms with Crippen LogP contribution in [-0.2, 0) is 17.6 Å². The number of halogens is 1. The van der Waals surface area contributed by atoms with Gasteiger partial charge in [0, 0.05) is 12.0 Å². The van der Waals surface area contributed by atoms with E-state index in [1.807, 2.05) is 12.1 Å². The minimum Gasteiger partial charge on any atom is -0.368 e. The monoisotopic (exact) mass is 290 g/mol. The van der Waals surface area contributed by atoms with Gasteiger partial charge in [-0.25, -0.2) is 4.39 Å². The number of fused-ring (bicyclic) bond motifs is 1. The minimum atomic E-state index is -1.18. The Kier molecular flexibility index (Phi) is 3.66. The maximum absolute atomic E-state index is 13.5. The third-order valence-corrected chi connectivity index (χ3v) is 4.43. The number of rotatable bonds is 2. The number of alkyl halides is 1. The van der Waals surface area contributed by atoms with E-state index in [9.17, 15) is 14.0 Å². The lowest BCUT2D eigenvalue weighted by Gasteiger charge is -2.23. The van der Waals surface area contributed by atoms with Crippen LogP contribution in [0.4, 0.5) is 4.39 Å². The molecule has 2 amide bonds. The van der Waals surface area contributed by atoms with Crippen LogP contribution in [0.25, 0.3) is 0 Å². The normalized spacial score (nSPS) is 24.7. The highest BCUT2D eigenvalue weighted by Crippen LogP contribution is 2.26. The van der Waals surface area contributed by atoms with Crippen LogP contribution in [0.5, 0.6) is 0 Å². The van der Waals surface area contributed by atoms with Crippen LogP contribution in [-0.4, -0.2) is 35.5 Å². The van der Waals surface area contributed by atoms with Crippen LogP contribution in [0.3, 0.4) is 0 Å². The van der Waals surface area contributed by atoms with Crippen molar-refractivity contribution in [2.24, 2.45) is 5.73 Å². The number of carbonyl (C=O) groups is 2. The van der Waals surface area contributed by atoms with Gasteiger partial charge in [-0.2, -0.15) is 0 Å². The van der Waals surface area contributed by atoms with Gasteiger partial charge in [0.2, 0.25) is 5.91 Å². The number of hydrogen-bond acceptors (Lipinski definition) is 2. The van der Waals surface area contributed by atoms with Gasteiger partial charge in [-0.15, -0.1) is 0 Å². The minimum absolute atomic E-state index is 0.00597. The highest BCUT2D eigenvalue weighted by atomic mass is 19.1. The standard InChI is InChI=1S/C16H19FN2O2/c17-13-8-14(15(18)20)19(9-13)16(21)12-6-5-10-3-1-2-4-11(10)7-12/h5-7,13-14H,1-4,8-9H2,(H2,18,20)/t13-,14+/m1/s1. The zero-order valence-electron chi connectivity index (χ0n) is 11.8. The average molecular weight is 290 g/mol. The fourth-order valence-electron chi connectivity index (χ4n) is 3.31. The number of carbonyl (C=O) groups excluding carboxylic acids is 2. The highest BCUT2D eigenvalue weighted by molar-refractivity contribution is 5.98. The first-order valence-electron chi connectivity index (χ1n) is 7.42. The van der Waals surface area contributed by atoms with Crippen molar-refractivity contribution >= 4 is 11.8 Å². The molecule has 0 bridgehead atoms. The third-order valence-electron chi connectivity index (χ3n) is 4.43. The molecule has 112 valence electrons. The third kappa shape index (κ3) is 2.64. The maximum atomic E-state index is 13.5. The number of aryl methyl sites for hydroxylation is 2. The van der Waals surface area contributed by atoms with E-state index in [1.165, 1.54) is 22.4 Å². The summed E-state index contributed by atoms with van der Waals surface area (Å²) >= 11 is 0. The predicted molar refractivity (Wildman–Crippen MR) is 76.6 cm³/mol. The quantitative estimate of drug-likeness (QED) is 0.899. The highest BCUT2D eigenvalue weighted by Gasteiger charge is 2.39. The summed E-state index contributed by atoms with van der Waals surface area (Å²) in [6, 6.07) is 4.81. The number of benzene rings is 1. The molecular formula is C16H19FN2O2. The number of amides is 2. The Hall–Kier alpha value is -1.91. The Morgan fingerprint density at radius 3 is 2.62 bits per heavy atom. The van der Waals surface area contributed by atoms with Crippen LogP contribution < -0.4 is 5.73 Å². The molecule has 4 nitrogen and oxygen atoms in total. The molecular weight excluding hydrogens is 271 g/mol. The number of likely N-dealkylation sites (tertiary alicyclic amines) is 1. The van der Waals surface area contributed by atoms with Crippen LogP contribution in [0.1, 0.15) is 40.7 Å². The van der Waals surface area contributed by atoms with Gasteiger partial charge < -0.3 is 10.6 Å². The second-order valence-electron chi connectivity index (χ2n) is 5.90. The molecule has 1 aromatic rings. The van der Waals surface area contributed by atoms with Crippen molar-refractivity contribution in [3.05, 3.63) is 34.9 Å². The fourth-order valence-corrected chi connectivity index (χ4v) is 3.31. The van der Waals surface area contributed by atoms with Gasteiger partial charge in [0.1, 0.15) is 12.2 Å². The van der Waals surface area contributed by atoms with Crippen LogP contribution in [0.15, 0.2) is 18.2 Å². The van der Waals surface area contributed by atoms with Crippen molar-refractivity contribution in [2.75, 3.05) is 6.54 Å². The van der Waals surface area contributed by atoms with Crippen molar-refractivity contribution < 1.29 is 14.0 Å². The number of hydrogen-bond donors (Lipinski definition) is 1. The number of primary amides is 1. The molecule has 1 aliphatic carbocycles. The lowest BCUT2D eigenvalue weighted by Crippen LogP contribution is -2.43. The summed E-state index contributed by atoms with van der Waals surface area (Å²) in [7, 11) is 0. The molecule has 3 rings (SSSR count). The molecule has 21 heavy (non-hydrogen) atoms. The predicted octanol–water partition coefficient (Wildman–Crippen LogP) is 1.60. The first kappa shape index (κ1) is 14.0. The Morgan fingerprint density at radius 1 is 1.19 bits per heavy atom. The summed E-state index contributed by atoms with van der Waals surface area (Å²) in [6.07, 6.45) is 3.16. The van der Waals surface area contributed by atoms with Crippen LogP contribution >= 0.6 is 0 Å². The summed E-state index contributed by atoms with van der Waals surface area (Å²) in [5.74, 6) is -0.936. The zero-order valence-corrected chi connectivity index (χ0v) is 11.8. The molecule has 0 unspecified atom stereocenters. The number of nitrogens with zero attached hydrogens (tertiary/aromatic N) is 1. The molecule has 1 heterocycles. The first-order chi connectivity index (χ1) is 10.1. The summed E-state index contributed by atoms with van der Waals surface area (Å²) in [6.45, 7) is -0.0521. The van der Waals surface area contributed by atoms with Gasteiger partial charge in [0.15, 0.2) is 0 Å². The summed E-state index contributed by atoms with van der Waals surface area (Å²) in [4.78, 5) is 25.2. The van der Waals surface area contributed by atoms with E-state index < -0.39 is 18.1 Å². The Labute approximate surface area is 123 Å². The molecule has 0 saturated carbocycles. The average Bonchev–Trinajstić information content (AvgIpc) is 2.88. The summed E-state index contributed by atoms with van der Waals surface area (Å²) in [5.41, 5.74) is 8.28. The van der Waals surface area contributed by atoms with Crippen molar-refractivity contribution in [3.8, 4) is 0 Å². The molecule has 0 radical (unpaired) electrons. The van der Waals surface area contributed by atoms with E-state index in [-0.39, 0.29) is 18.9 Å². The second-order valence-corrected chi connectivity index (χ2v) is 5.90. The molecule has 5 heteroatoms. The summed E-state index contributed by atoms with van der Waals surface area (Å²) in [5, 5.41) is 0. The molecule has 1 aliphatic heterocycles. The van der Waals surface area contributed by atoms with E-state index in [2.05, 4.69) is 0 Å². The molecule has 2 atom stereocenters. The van der Waals surface area contributed by atoms with Crippen molar-refractivity contribution in [1.29, 1.82) is 0 Å². The lowest BCUT2D eigenvalue weighted by molar-refractivity contribution is -0.121. The van der Waals surface area contributed by atoms with Crippen molar-refractivity contribution in [1.82, 2.24) is 4.90 Å². The Balaban J connectivity index is 1.86. The van der Waals surface area contributed by atoms with Gasteiger partial charge in [0.05, 0.1) is 6.54 Å². The molecule has 0 aromatic heterocycles. The van der Waals surface area contributed by atoms with Gasteiger partial charge >= 0.3 is 0 Å². The number of nitrogens with two attached hydrogens (primary N) is 1. The van der Waals surface area contributed by atoms with E-state index >= 15 is 0 Å². The topological polar surface area (TPSA) is 63.4 Å². The van der Waals surface area contributed by atoms with Gasteiger partial charge in [-0.1, -0.05) is 6.07 Å². The van der Waals surface area contributed by atoms with Crippen LogP contribution in [0.2, 0.25) is 0 Å². The fraction of sp³-hybridized carbons (Fsp3) is 0.500. The second kappa shape index (κ2) is 5.47. The Morgan fingerprint density at radius 2 is 1.90 bits per heavy atom. The maximum Gasteiger partial charge on any atom is 0.254 e. The largest absolute Gasteiger partial charge is 0.368 e.